The molecule has 0 saturated heterocycles. The van der Waals surface area contributed by atoms with Crippen molar-refractivity contribution in [3.8, 4) is 16.8 Å². The number of nitrogens with one attached hydrogen (secondary N) is 1. The Kier molecular flexibility index (Phi) is 4.24. The van der Waals surface area contributed by atoms with Gasteiger partial charge in [0.15, 0.2) is 0 Å². The Hall–Kier alpha value is -4.86. The average molecular weight is 515 g/mol. The maximum Gasteiger partial charge on any atom is 0.0541 e. The highest BCUT2D eigenvalue weighted by molar-refractivity contribution is 7.26. The molecular weight excluding hydrogens is 492 g/mol. The molecule has 0 spiro atoms. The first kappa shape index (κ1) is 21.1. The van der Waals surface area contributed by atoms with Crippen LogP contribution < -0.4 is 0 Å². The molecule has 3 aromatic heterocycles. The van der Waals surface area contributed by atoms with Crippen LogP contribution in [0.15, 0.2) is 127 Å². The summed E-state index contributed by atoms with van der Waals surface area (Å²) >= 11 is 1.89. The third-order valence-corrected chi connectivity index (χ3v) is 9.36. The number of aromatic amines is 1. The van der Waals surface area contributed by atoms with E-state index in [4.69, 9.17) is 0 Å². The highest BCUT2D eigenvalue weighted by atomic mass is 32.1. The molecule has 0 unspecified atom stereocenters. The molecular formula is C36H22N2S. The van der Waals surface area contributed by atoms with Crippen LogP contribution in [0, 0.1) is 0 Å². The Labute approximate surface area is 228 Å². The quantitative estimate of drug-likeness (QED) is 0.237. The topological polar surface area (TPSA) is 20.7 Å². The Bertz CT molecular complexity index is 2350. The molecule has 9 rings (SSSR count). The lowest BCUT2D eigenvalue weighted by atomic mass is 10.0. The molecule has 0 aliphatic carbocycles. The van der Waals surface area contributed by atoms with Gasteiger partial charge in [-0.3, -0.25) is 0 Å². The molecule has 0 atom stereocenters. The fourth-order valence-electron chi connectivity index (χ4n) is 6.37. The molecule has 0 amide bonds. The molecule has 6 aromatic carbocycles. The van der Waals surface area contributed by atoms with Crippen molar-refractivity contribution >= 4 is 75.1 Å². The summed E-state index contributed by atoms with van der Waals surface area (Å²) in [6.07, 6.45) is 0. The van der Waals surface area contributed by atoms with Gasteiger partial charge in [0.05, 0.1) is 11.0 Å². The second kappa shape index (κ2) is 7.83. The maximum atomic E-state index is 3.56. The molecule has 39 heavy (non-hydrogen) atoms. The van der Waals surface area contributed by atoms with Crippen molar-refractivity contribution in [2.45, 2.75) is 0 Å². The highest BCUT2D eigenvalue weighted by Gasteiger charge is 2.15. The number of hydrogen-bond acceptors (Lipinski definition) is 1. The van der Waals surface area contributed by atoms with Crippen LogP contribution in [0.25, 0.3) is 80.6 Å². The fourth-order valence-corrected chi connectivity index (χ4v) is 7.59. The van der Waals surface area contributed by atoms with Crippen LogP contribution in [-0.2, 0) is 0 Å². The summed E-state index contributed by atoms with van der Waals surface area (Å²) in [5.41, 5.74) is 8.59. The van der Waals surface area contributed by atoms with E-state index in [0.29, 0.717) is 0 Å². The lowest BCUT2D eigenvalue weighted by molar-refractivity contribution is 1.19. The summed E-state index contributed by atoms with van der Waals surface area (Å²) in [6, 6.07) is 46.5. The van der Waals surface area contributed by atoms with Gasteiger partial charge in [0, 0.05) is 58.4 Å². The van der Waals surface area contributed by atoms with Crippen molar-refractivity contribution in [1.82, 2.24) is 9.55 Å². The molecule has 0 saturated carbocycles. The molecule has 0 radical (unpaired) electrons. The van der Waals surface area contributed by atoms with Crippen molar-refractivity contribution in [2.75, 3.05) is 0 Å². The summed E-state index contributed by atoms with van der Waals surface area (Å²) in [6.45, 7) is 0. The molecule has 2 nitrogen and oxygen atoms in total. The van der Waals surface area contributed by atoms with Crippen LogP contribution in [0.5, 0.6) is 0 Å². The third kappa shape index (κ3) is 2.96. The van der Waals surface area contributed by atoms with Gasteiger partial charge in [0.25, 0.3) is 0 Å². The second-order valence-corrected chi connectivity index (χ2v) is 11.3. The Balaban J connectivity index is 1.28. The van der Waals surface area contributed by atoms with Gasteiger partial charge in [-0.2, -0.15) is 0 Å². The van der Waals surface area contributed by atoms with Crippen LogP contribution in [0.2, 0.25) is 0 Å². The van der Waals surface area contributed by atoms with E-state index in [1.165, 1.54) is 80.6 Å². The number of H-pyrrole nitrogens is 1. The van der Waals surface area contributed by atoms with Gasteiger partial charge in [-0.15, -0.1) is 11.3 Å². The predicted molar refractivity (Wildman–Crippen MR) is 168 cm³/mol. The zero-order chi connectivity index (χ0) is 25.5. The number of aromatic nitrogens is 2. The summed E-state index contributed by atoms with van der Waals surface area (Å²) in [5, 5.41) is 7.75. The van der Waals surface area contributed by atoms with E-state index >= 15 is 0 Å². The van der Waals surface area contributed by atoms with Gasteiger partial charge >= 0.3 is 0 Å². The summed E-state index contributed by atoms with van der Waals surface area (Å²) in [5.74, 6) is 0. The standard InChI is InChI=1S/C36H22N2S/c1-4-13-31-25(8-1)29-20-22(16-18-32(29)37-31)24-11-7-12-28-30-21-23(17-19-35(30)39-36(24)28)38-33-14-5-2-9-26(33)27-10-3-6-15-34(27)38/h1-21,37H. The Morgan fingerprint density at radius 3 is 2.00 bits per heavy atom. The van der Waals surface area contributed by atoms with Gasteiger partial charge in [0.1, 0.15) is 0 Å². The van der Waals surface area contributed by atoms with E-state index in [2.05, 4.69) is 137 Å². The molecule has 0 bridgehead atoms. The molecule has 1 N–H and O–H groups in total. The zero-order valence-electron chi connectivity index (χ0n) is 21.0. The minimum absolute atomic E-state index is 1.18. The van der Waals surface area contributed by atoms with Crippen LogP contribution >= 0.6 is 11.3 Å². The second-order valence-electron chi connectivity index (χ2n) is 10.3. The molecule has 3 heteroatoms. The largest absolute Gasteiger partial charge is 0.355 e. The number of para-hydroxylation sites is 3. The third-order valence-electron chi connectivity index (χ3n) is 8.14. The van der Waals surface area contributed by atoms with E-state index in [0.717, 1.165) is 0 Å². The van der Waals surface area contributed by atoms with Crippen molar-refractivity contribution in [1.29, 1.82) is 0 Å². The monoisotopic (exact) mass is 514 g/mol. The first-order valence-electron chi connectivity index (χ1n) is 13.3. The molecule has 182 valence electrons. The summed E-state index contributed by atoms with van der Waals surface area (Å²) in [4.78, 5) is 3.56. The van der Waals surface area contributed by atoms with Gasteiger partial charge < -0.3 is 9.55 Å². The van der Waals surface area contributed by atoms with Crippen molar-refractivity contribution in [3.05, 3.63) is 127 Å². The van der Waals surface area contributed by atoms with Gasteiger partial charge in [-0.1, -0.05) is 78.9 Å². The average Bonchev–Trinajstić information content (AvgIpc) is 3.66. The molecule has 0 fully saturated rings. The summed E-state index contributed by atoms with van der Waals surface area (Å²) < 4.78 is 5.06. The molecule has 0 aliphatic rings. The Morgan fingerprint density at radius 1 is 0.487 bits per heavy atom. The molecule has 3 heterocycles. The van der Waals surface area contributed by atoms with Crippen molar-refractivity contribution in [2.24, 2.45) is 0 Å². The van der Waals surface area contributed by atoms with E-state index in [9.17, 15) is 0 Å². The van der Waals surface area contributed by atoms with Crippen LogP contribution in [0.1, 0.15) is 0 Å². The lowest BCUT2D eigenvalue weighted by Gasteiger charge is -2.08. The minimum Gasteiger partial charge on any atom is -0.355 e. The van der Waals surface area contributed by atoms with Crippen LogP contribution in [-0.4, -0.2) is 9.55 Å². The number of hydrogen-bond donors (Lipinski definition) is 1. The lowest BCUT2D eigenvalue weighted by Crippen LogP contribution is -1.93. The van der Waals surface area contributed by atoms with Crippen LogP contribution in [0.4, 0.5) is 0 Å². The number of thiophene rings is 1. The molecule has 9 aromatic rings. The fraction of sp³-hybridized carbons (Fsp3) is 0. The normalized spacial score (nSPS) is 12.1. The van der Waals surface area contributed by atoms with Crippen molar-refractivity contribution < 1.29 is 0 Å². The first-order valence-corrected chi connectivity index (χ1v) is 14.1. The minimum atomic E-state index is 1.18. The van der Waals surface area contributed by atoms with E-state index < -0.39 is 0 Å². The zero-order valence-corrected chi connectivity index (χ0v) is 21.8. The van der Waals surface area contributed by atoms with Gasteiger partial charge in [-0.25, -0.2) is 0 Å². The number of nitrogens with zero attached hydrogens (tertiary/aromatic N) is 1. The number of benzene rings is 6. The molecule has 0 aliphatic heterocycles. The first-order chi connectivity index (χ1) is 19.3. The van der Waals surface area contributed by atoms with Crippen LogP contribution in [0.3, 0.4) is 0 Å². The summed E-state index contributed by atoms with van der Waals surface area (Å²) in [7, 11) is 0. The number of fused-ring (bicyclic) bond motifs is 9. The smallest absolute Gasteiger partial charge is 0.0541 e. The van der Waals surface area contributed by atoms with E-state index in [-0.39, 0.29) is 0 Å². The SMILES string of the molecule is c1ccc2c(c1)[nH]c1ccc(-c3cccc4c3sc3ccc(-n5c6ccccc6c6ccccc65)cc34)cc12. The highest BCUT2D eigenvalue weighted by Crippen LogP contribution is 2.42. The van der Waals surface area contributed by atoms with Gasteiger partial charge in [-0.05, 0) is 59.7 Å². The van der Waals surface area contributed by atoms with Crippen molar-refractivity contribution in [3.63, 3.8) is 0 Å². The number of rotatable bonds is 2. The maximum absolute atomic E-state index is 3.56. The van der Waals surface area contributed by atoms with Gasteiger partial charge in [0.2, 0.25) is 0 Å². The van der Waals surface area contributed by atoms with E-state index in [1.807, 2.05) is 11.3 Å². The Morgan fingerprint density at radius 2 is 1.18 bits per heavy atom. The van der Waals surface area contributed by atoms with E-state index in [1.54, 1.807) is 0 Å². The predicted octanol–water partition coefficient (Wildman–Crippen LogP) is 10.5.